The maximum Gasteiger partial charge on any atom is 2.00 e. The molecule has 0 saturated carbocycles. The van der Waals surface area contributed by atoms with Gasteiger partial charge in [0.2, 0.25) is 0 Å². The quantitative estimate of drug-likeness (QED) is 0.642. The van der Waals surface area contributed by atoms with Gasteiger partial charge in [0.15, 0.2) is 0 Å². The molecule has 1 N–H and O–H groups in total. The van der Waals surface area contributed by atoms with Crippen LogP contribution in [-0.4, -0.2) is 46.0 Å². The van der Waals surface area contributed by atoms with Crippen LogP contribution in [0.25, 0.3) is 10.9 Å². The third-order valence-electron chi connectivity index (χ3n) is 3.90. The second-order valence-electron chi connectivity index (χ2n) is 5.69. The molecule has 0 spiro atoms. The molecule has 1 atom stereocenters. The number of aromatic nitrogens is 1. The fraction of sp³-hybridized carbons (Fsp3) is 0.105. The number of carbonyl (C=O) groups is 2. The molecule has 1 heterocycles. The van der Waals surface area contributed by atoms with Gasteiger partial charge in [-0.05, 0) is 54.3 Å². The molecule has 0 fully saturated rings. The molecule has 8 heteroatoms. The number of hydrogen-bond acceptors (Lipinski definition) is 5. The standard InChI is InChI=1S/C19H15ClN2O4.Mg/c20-13-7-5-11(6-8-13)18(24)22-16(19(25)26)9-12-10-17(23)21-15-4-2-1-3-14(12)15;/h1-8,10,16H,9H2,(H,21,23)(H,22,24)(H,25,26);/q;+2/p-2. The van der Waals surface area contributed by atoms with Crippen LogP contribution < -0.4 is 15.5 Å². The van der Waals surface area contributed by atoms with Crippen LogP contribution in [-0.2, 0) is 11.2 Å². The maximum atomic E-state index is 12.3. The van der Waals surface area contributed by atoms with Crippen molar-refractivity contribution in [3.05, 3.63) is 70.7 Å². The first kappa shape index (κ1) is 21.0. The summed E-state index contributed by atoms with van der Waals surface area (Å²) in [5.74, 6) is -2.49. The van der Waals surface area contributed by atoms with E-state index in [1.54, 1.807) is 24.3 Å². The number of nitrogens with one attached hydrogen (secondary N) is 1. The molecular weight excluding hydrogens is 380 g/mol. The van der Waals surface area contributed by atoms with Crippen LogP contribution in [0.3, 0.4) is 0 Å². The molecule has 0 aliphatic carbocycles. The van der Waals surface area contributed by atoms with E-state index < -0.39 is 23.8 Å². The summed E-state index contributed by atoms with van der Waals surface area (Å²) < 4.78 is 0. The van der Waals surface area contributed by atoms with Crippen molar-refractivity contribution >= 4 is 57.4 Å². The molecule has 6 nitrogen and oxygen atoms in total. The van der Waals surface area contributed by atoms with Crippen LogP contribution in [0.1, 0.15) is 15.9 Å². The zero-order valence-corrected chi connectivity index (χ0v) is 16.3. The van der Waals surface area contributed by atoms with Gasteiger partial charge in [-0.25, -0.2) is 0 Å². The van der Waals surface area contributed by atoms with Gasteiger partial charge in [0, 0.05) is 16.0 Å². The minimum atomic E-state index is -1.44. The average molecular weight is 393 g/mol. The first-order valence-corrected chi connectivity index (χ1v) is 8.15. The van der Waals surface area contributed by atoms with Gasteiger partial charge in [-0.2, -0.15) is 0 Å². The summed E-state index contributed by atoms with van der Waals surface area (Å²) in [5.41, 5.74) is 1.21. The Labute approximate surface area is 176 Å². The third kappa shape index (κ3) is 5.09. The van der Waals surface area contributed by atoms with Crippen LogP contribution in [0, 0.1) is 0 Å². The van der Waals surface area contributed by atoms with Gasteiger partial charge in [-0.15, -0.1) is 0 Å². The molecule has 3 aromatic rings. The van der Waals surface area contributed by atoms with Gasteiger partial charge < -0.3 is 20.3 Å². The molecule has 0 radical (unpaired) electrons. The minimum Gasteiger partial charge on any atom is -0.859 e. The van der Waals surface area contributed by atoms with E-state index in [1.807, 2.05) is 0 Å². The second kappa shape index (κ2) is 9.03. The molecule has 0 aliphatic heterocycles. The van der Waals surface area contributed by atoms with Crippen molar-refractivity contribution in [1.82, 2.24) is 10.3 Å². The summed E-state index contributed by atoms with van der Waals surface area (Å²) in [4.78, 5) is 27.7. The molecule has 3 rings (SSSR count). The van der Waals surface area contributed by atoms with Crippen molar-refractivity contribution in [1.29, 1.82) is 0 Å². The van der Waals surface area contributed by atoms with E-state index in [0.29, 0.717) is 21.5 Å². The fourth-order valence-electron chi connectivity index (χ4n) is 2.65. The van der Waals surface area contributed by atoms with Gasteiger partial charge >= 0.3 is 23.1 Å². The molecule has 132 valence electrons. The number of pyridine rings is 1. The zero-order valence-electron chi connectivity index (χ0n) is 14.1. The Morgan fingerprint density at radius 2 is 1.78 bits per heavy atom. The SMILES string of the molecule is O=C(NC(Cc1cc([O-])nc2ccccc12)C(=O)[O-])c1ccc(Cl)cc1.[Mg+2]. The first-order valence-electron chi connectivity index (χ1n) is 7.77. The fourth-order valence-corrected chi connectivity index (χ4v) is 2.77. The predicted molar refractivity (Wildman–Crippen MR) is 98.4 cm³/mol. The molecule has 2 aromatic carbocycles. The molecule has 27 heavy (non-hydrogen) atoms. The number of benzene rings is 2. The van der Waals surface area contributed by atoms with E-state index in [1.165, 1.54) is 30.3 Å². The van der Waals surface area contributed by atoms with Gasteiger partial charge in [0.05, 0.1) is 17.5 Å². The molecule has 0 bridgehead atoms. The van der Waals surface area contributed by atoms with E-state index in [0.717, 1.165) is 0 Å². The molecule has 1 unspecified atom stereocenters. The number of carboxylic acid groups (broad SMARTS) is 1. The average Bonchev–Trinajstić information content (AvgIpc) is 2.61. The molecular formula is C19H13ClMgN2O4. The number of carbonyl (C=O) groups excluding carboxylic acids is 2. The van der Waals surface area contributed by atoms with Crippen LogP contribution in [0.4, 0.5) is 0 Å². The summed E-state index contributed by atoms with van der Waals surface area (Å²) in [6, 6.07) is 12.9. The van der Waals surface area contributed by atoms with Crippen LogP contribution in [0.15, 0.2) is 54.6 Å². The van der Waals surface area contributed by atoms with E-state index >= 15 is 0 Å². The Morgan fingerprint density at radius 3 is 2.44 bits per heavy atom. The van der Waals surface area contributed by atoms with Crippen molar-refractivity contribution in [3.63, 3.8) is 0 Å². The molecule has 1 aromatic heterocycles. The number of para-hydroxylation sites is 1. The van der Waals surface area contributed by atoms with Crippen LogP contribution >= 0.6 is 11.6 Å². The Bertz CT molecular complexity index is 979. The van der Waals surface area contributed by atoms with Crippen molar-refractivity contribution < 1.29 is 19.8 Å². The number of fused-ring (bicyclic) bond motifs is 1. The number of amides is 1. The Morgan fingerprint density at radius 1 is 1.11 bits per heavy atom. The predicted octanol–water partition coefficient (Wildman–Crippen LogP) is 0.672. The normalized spacial score (nSPS) is 11.4. The number of carboxylic acids is 1. The van der Waals surface area contributed by atoms with Crippen LogP contribution in [0.5, 0.6) is 5.88 Å². The van der Waals surface area contributed by atoms with E-state index in [-0.39, 0.29) is 35.0 Å². The van der Waals surface area contributed by atoms with Crippen molar-refractivity contribution in [2.24, 2.45) is 0 Å². The largest absolute Gasteiger partial charge is 2.00 e. The van der Waals surface area contributed by atoms with E-state index in [9.17, 15) is 19.8 Å². The van der Waals surface area contributed by atoms with Crippen molar-refractivity contribution in [2.75, 3.05) is 0 Å². The Balaban J connectivity index is 0.00000261. The monoisotopic (exact) mass is 392 g/mol. The number of halogens is 1. The maximum absolute atomic E-state index is 12.3. The smallest absolute Gasteiger partial charge is 0.859 e. The molecule has 1 amide bonds. The summed E-state index contributed by atoms with van der Waals surface area (Å²) in [5, 5.41) is 26.8. The first-order chi connectivity index (χ1) is 12.4. The van der Waals surface area contributed by atoms with Gasteiger partial charge in [-0.3, -0.25) is 9.78 Å². The summed E-state index contributed by atoms with van der Waals surface area (Å²) in [6.07, 6.45) is -0.0973. The Hall–Kier alpha value is -2.35. The van der Waals surface area contributed by atoms with Crippen LogP contribution in [0.2, 0.25) is 5.02 Å². The Kier molecular flexibility index (Phi) is 7.01. The van der Waals surface area contributed by atoms with Gasteiger partial charge in [0.1, 0.15) is 0 Å². The van der Waals surface area contributed by atoms with Crippen molar-refractivity contribution in [2.45, 2.75) is 12.5 Å². The van der Waals surface area contributed by atoms with Gasteiger partial charge in [0.25, 0.3) is 5.91 Å². The number of nitrogens with zero attached hydrogens (tertiary/aromatic N) is 1. The van der Waals surface area contributed by atoms with E-state index in [4.69, 9.17) is 11.6 Å². The summed E-state index contributed by atoms with van der Waals surface area (Å²) >= 11 is 5.78. The zero-order chi connectivity index (χ0) is 18.7. The number of rotatable bonds is 5. The third-order valence-corrected chi connectivity index (χ3v) is 4.15. The van der Waals surface area contributed by atoms with Crippen molar-refractivity contribution in [3.8, 4) is 5.88 Å². The number of hydrogen-bond donors (Lipinski definition) is 1. The topological polar surface area (TPSA) is 105 Å². The van der Waals surface area contributed by atoms with E-state index in [2.05, 4.69) is 10.3 Å². The minimum absolute atomic E-state index is 0. The number of aliphatic carboxylic acids is 1. The second-order valence-corrected chi connectivity index (χ2v) is 6.13. The summed E-state index contributed by atoms with van der Waals surface area (Å²) in [7, 11) is 0. The van der Waals surface area contributed by atoms with Gasteiger partial charge in [-0.1, -0.05) is 29.8 Å². The molecule has 0 saturated heterocycles. The molecule has 0 aliphatic rings. The summed E-state index contributed by atoms with van der Waals surface area (Å²) in [6.45, 7) is 0.